The Morgan fingerprint density at radius 2 is 1.62 bits per heavy atom. The summed E-state index contributed by atoms with van der Waals surface area (Å²) in [7, 11) is 2.19. The summed E-state index contributed by atoms with van der Waals surface area (Å²) in [6, 6.07) is 15.6. The maximum Gasteiger partial charge on any atom is 0.0237 e. The van der Waals surface area contributed by atoms with Crippen LogP contribution in [0.2, 0.25) is 0 Å². The van der Waals surface area contributed by atoms with Gasteiger partial charge in [-0.05, 0) is 54.1 Å². The topological polar surface area (TPSA) is 3.24 Å². The third-order valence-electron chi connectivity index (χ3n) is 4.62. The summed E-state index contributed by atoms with van der Waals surface area (Å²) < 4.78 is 0. The highest BCUT2D eigenvalue weighted by molar-refractivity contribution is 5.65. The van der Waals surface area contributed by atoms with Crippen LogP contribution in [0.25, 0.3) is 5.57 Å². The van der Waals surface area contributed by atoms with Crippen LogP contribution in [0.1, 0.15) is 55.5 Å². The molecule has 0 saturated heterocycles. The van der Waals surface area contributed by atoms with Crippen molar-refractivity contribution in [2.24, 2.45) is 0 Å². The average molecular weight is 322 g/mol. The van der Waals surface area contributed by atoms with Gasteiger partial charge in [0.2, 0.25) is 0 Å². The summed E-state index contributed by atoms with van der Waals surface area (Å²) in [5, 5.41) is 0. The summed E-state index contributed by atoms with van der Waals surface area (Å²) in [4.78, 5) is 2.37. The van der Waals surface area contributed by atoms with Gasteiger partial charge in [0.1, 0.15) is 0 Å². The van der Waals surface area contributed by atoms with Gasteiger partial charge in [0.05, 0.1) is 0 Å². The van der Waals surface area contributed by atoms with Crippen molar-refractivity contribution in [3.05, 3.63) is 76.9 Å². The molecule has 0 aliphatic heterocycles. The van der Waals surface area contributed by atoms with Crippen molar-refractivity contribution in [2.75, 3.05) is 7.05 Å². The van der Waals surface area contributed by atoms with Gasteiger partial charge in [-0.15, -0.1) is 0 Å². The second-order valence-corrected chi connectivity index (χ2v) is 7.99. The first kappa shape index (κ1) is 18.5. The monoisotopic (exact) mass is 321 g/mol. The fourth-order valence-electron chi connectivity index (χ4n) is 3.09. The van der Waals surface area contributed by atoms with Crippen LogP contribution in [0.5, 0.6) is 0 Å². The van der Waals surface area contributed by atoms with Gasteiger partial charge in [0.15, 0.2) is 0 Å². The number of rotatable bonds is 5. The lowest BCUT2D eigenvalue weighted by molar-refractivity contribution is 0.318. The Bertz CT molecular complexity index is 702. The standard InChI is InChI=1S/C23H31N/c1-17(2)22-10-8-9-20(18(22)3)16-24(7)15-19-11-13-21(14-12-19)23(4,5)6/h8-14H,1,15-16H2,2-7H3. The zero-order chi connectivity index (χ0) is 17.9. The molecule has 2 aromatic carbocycles. The lowest BCUT2D eigenvalue weighted by atomic mass is 9.87. The highest BCUT2D eigenvalue weighted by atomic mass is 15.1. The minimum atomic E-state index is 0.213. The molecular weight excluding hydrogens is 290 g/mol. The molecule has 0 heterocycles. The van der Waals surface area contributed by atoms with E-state index in [-0.39, 0.29) is 5.41 Å². The Labute approximate surface area is 148 Å². The van der Waals surface area contributed by atoms with E-state index in [1.165, 1.54) is 27.8 Å². The molecule has 0 saturated carbocycles. The molecule has 0 radical (unpaired) electrons. The van der Waals surface area contributed by atoms with Crippen LogP contribution in [0, 0.1) is 6.92 Å². The summed E-state index contributed by atoms with van der Waals surface area (Å²) >= 11 is 0. The predicted octanol–water partition coefficient (Wildman–Crippen LogP) is 5.96. The first-order valence-corrected chi connectivity index (χ1v) is 8.71. The van der Waals surface area contributed by atoms with Crippen molar-refractivity contribution < 1.29 is 0 Å². The van der Waals surface area contributed by atoms with Crippen LogP contribution in [0.4, 0.5) is 0 Å². The lowest BCUT2D eigenvalue weighted by Gasteiger charge is -2.21. The molecule has 2 rings (SSSR count). The van der Waals surface area contributed by atoms with E-state index in [0.717, 1.165) is 18.7 Å². The fraction of sp³-hybridized carbons (Fsp3) is 0.391. The Kier molecular flexibility index (Phi) is 5.66. The number of hydrogen-bond acceptors (Lipinski definition) is 1. The zero-order valence-corrected chi connectivity index (χ0v) is 16.1. The van der Waals surface area contributed by atoms with Crippen LogP contribution in [-0.4, -0.2) is 11.9 Å². The minimum Gasteiger partial charge on any atom is -0.298 e. The van der Waals surface area contributed by atoms with Gasteiger partial charge >= 0.3 is 0 Å². The fourth-order valence-corrected chi connectivity index (χ4v) is 3.09. The summed E-state index contributed by atoms with van der Waals surface area (Å²) in [6.07, 6.45) is 0. The van der Waals surface area contributed by atoms with Gasteiger partial charge in [-0.3, -0.25) is 4.90 Å². The molecule has 0 spiro atoms. The van der Waals surface area contributed by atoms with Crippen LogP contribution in [-0.2, 0) is 18.5 Å². The second kappa shape index (κ2) is 7.36. The first-order chi connectivity index (χ1) is 11.2. The van der Waals surface area contributed by atoms with Crippen LogP contribution >= 0.6 is 0 Å². The van der Waals surface area contributed by atoms with E-state index in [9.17, 15) is 0 Å². The van der Waals surface area contributed by atoms with Crippen LogP contribution < -0.4 is 0 Å². The van der Waals surface area contributed by atoms with Gasteiger partial charge in [0.25, 0.3) is 0 Å². The molecule has 0 fully saturated rings. The molecule has 0 aliphatic rings. The molecule has 2 aromatic rings. The lowest BCUT2D eigenvalue weighted by Crippen LogP contribution is -2.18. The molecule has 0 aromatic heterocycles. The van der Waals surface area contributed by atoms with Crippen LogP contribution in [0.3, 0.4) is 0 Å². The van der Waals surface area contributed by atoms with E-state index in [1.54, 1.807) is 0 Å². The second-order valence-electron chi connectivity index (χ2n) is 7.99. The summed E-state index contributed by atoms with van der Waals surface area (Å²) in [6.45, 7) is 17.0. The maximum absolute atomic E-state index is 4.09. The number of benzene rings is 2. The number of nitrogens with zero attached hydrogens (tertiary/aromatic N) is 1. The van der Waals surface area contributed by atoms with E-state index in [0.29, 0.717) is 0 Å². The highest BCUT2D eigenvalue weighted by Crippen LogP contribution is 2.24. The number of hydrogen-bond donors (Lipinski definition) is 0. The largest absolute Gasteiger partial charge is 0.298 e. The predicted molar refractivity (Wildman–Crippen MR) is 106 cm³/mol. The first-order valence-electron chi connectivity index (χ1n) is 8.71. The normalized spacial score (nSPS) is 11.8. The third kappa shape index (κ3) is 4.58. The molecule has 0 atom stereocenters. The van der Waals surface area contributed by atoms with E-state index in [4.69, 9.17) is 0 Å². The van der Waals surface area contributed by atoms with E-state index in [2.05, 4.69) is 95.6 Å². The molecule has 0 bridgehead atoms. The molecular formula is C23H31N. The SMILES string of the molecule is C=C(C)c1cccc(CN(C)Cc2ccc(C(C)(C)C)cc2)c1C. The van der Waals surface area contributed by atoms with E-state index in [1.807, 2.05) is 0 Å². The molecule has 0 aliphatic carbocycles. The van der Waals surface area contributed by atoms with E-state index >= 15 is 0 Å². The Morgan fingerprint density at radius 3 is 2.17 bits per heavy atom. The molecule has 1 heteroatoms. The van der Waals surface area contributed by atoms with Gasteiger partial charge in [-0.1, -0.05) is 75.4 Å². The van der Waals surface area contributed by atoms with Crippen molar-refractivity contribution in [3.63, 3.8) is 0 Å². The Balaban J connectivity index is 2.07. The van der Waals surface area contributed by atoms with Crippen molar-refractivity contribution in [2.45, 2.75) is 53.1 Å². The Hall–Kier alpha value is -1.86. The zero-order valence-electron chi connectivity index (χ0n) is 16.1. The number of allylic oxidation sites excluding steroid dienone is 1. The van der Waals surface area contributed by atoms with Gasteiger partial charge in [-0.25, -0.2) is 0 Å². The van der Waals surface area contributed by atoms with Crippen molar-refractivity contribution >= 4 is 5.57 Å². The molecule has 0 N–H and O–H groups in total. The minimum absolute atomic E-state index is 0.213. The van der Waals surface area contributed by atoms with Gasteiger partial charge in [0, 0.05) is 13.1 Å². The van der Waals surface area contributed by atoms with Crippen LogP contribution in [0.15, 0.2) is 49.0 Å². The third-order valence-corrected chi connectivity index (χ3v) is 4.62. The van der Waals surface area contributed by atoms with Gasteiger partial charge < -0.3 is 0 Å². The van der Waals surface area contributed by atoms with Crippen molar-refractivity contribution in [1.29, 1.82) is 0 Å². The molecule has 0 amide bonds. The summed E-state index contributed by atoms with van der Waals surface area (Å²) in [5.74, 6) is 0. The smallest absolute Gasteiger partial charge is 0.0237 e. The Morgan fingerprint density at radius 1 is 1.00 bits per heavy atom. The van der Waals surface area contributed by atoms with Gasteiger partial charge in [-0.2, -0.15) is 0 Å². The molecule has 24 heavy (non-hydrogen) atoms. The molecule has 0 unspecified atom stereocenters. The van der Waals surface area contributed by atoms with E-state index < -0.39 is 0 Å². The van der Waals surface area contributed by atoms with Crippen molar-refractivity contribution in [1.82, 2.24) is 4.90 Å². The molecule has 1 nitrogen and oxygen atoms in total. The summed E-state index contributed by atoms with van der Waals surface area (Å²) in [5.41, 5.74) is 8.09. The highest BCUT2D eigenvalue weighted by Gasteiger charge is 2.13. The quantitative estimate of drug-likeness (QED) is 0.657. The van der Waals surface area contributed by atoms with Crippen molar-refractivity contribution in [3.8, 4) is 0 Å². The molecule has 128 valence electrons. The average Bonchev–Trinajstić information content (AvgIpc) is 2.48. The maximum atomic E-state index is 4.09.